The summed E-state index contributed by atoms with van der Waals surface area (Å²) in [4.78, 5) is 14.5. The van der Waals surface area contributed by atoms with Crippen LogP contribution in [0.2, 0.25) is 0 Å². The molecule has 72 valence electrons. The third kappa shape index (κ3) is 1.36. The second-order valence-electron chi connectivity index (χ2n) is 2.99. The summed E-state index contributed by atoms with van der Waals surface area (Å²) in [6.07, 6.45) is 1.82. The molecular formula is C10H9BrN2O. The quantitative estimate of drug-likeness (QED) is 0.805. The van der Waals surface area contributed by atoms with Crippen LogP contribution in [0.5, 0.6) is 0 Å². The van der Waals surface area contributed by atoms with Crippen LogP contribution in [0.4, 0.5) is 0 Å². The van der Waals surface area contributed by atoms with Crippen molar-refractivity contribution in [2.75, 3.05) is 6.54 Å². The summed E-state index contributed by atoms with van der Waals surface area (Å²) in [5, 5.41) is 1.00. The Kier molecular flexibility index (Phi) is 2.39. The Hall–Kier alpha value is -1.13. The van der Waals surface area contributed by atoms with E-state index in [1.165, 1.54) is 0 Å². The van der Waals surface area contributed by atoms with Gasteiger partial charge in [-0.25, -0.2) is 0 Å². The van der Waals surface area contributed by atoms with Crippen LogP contribution in [0.1, 0.15) is 10.4 Å². The minimum atomic E-state index is -0.0510. The number of fused-ring (bicyclic) bond motifs is 1. The van der Waals surface area contributed by atoms with Gasteiger partial charge in [0.2, 0.25) is 0 Å². The number of para-hydroxylation sites is 1. The first-order valence-electron chi connectivity index (χ1n) is 4.23. The molecule has 0 bridgehead atoms. The second kappa shape index (κ2) is 3.55. The molecule has 0 aliphatic heterocycles. The number of ketones is 1. The molecule has 0 fully saturated rings. The number of hydrogen-bond acceptors (Lipinski definition) is 2. The highest BCUT2D eigenvalue weighted by molar-refractivity contribution is 9.10. The predicted octanol–water partition coefficient (Wildman–Crippen LogP) is 2.07. The highest BCUT2D eigenvalue weighted by Crippen LogP contribution is 2.25. The molecular weight excluding hydrogens is 244 g/mol. The van der Waals surface area contributed by atoms with Crippen molar-refractivity contribution < 1.29 is 4.79 Å². The molecule has 4 heteroatoms. The zero-order valence-corrected chi connectivity index (χ0v) is 8.97. The molecule has 0 amide bonds. The molecule has 1 aromatic carbocycles. The predicted molar refractivity (Wildman–Crippen MR) is 59.4 cm³/mol. The van der Waals surface area contributed by atoms with E-state index in [1.54, 1.807) is 6.07 Å². The number of carbonyl (C=O) groups is 1. The standard InChI is InChI=1S/C10H9BrN2O/c11-8-5-13-10-6(8)2-1-3-7(10)9(14)4-12/h1-3,5,13H,4,12H2. The lowest BCUT2D eigenvalue weighted by Crippen LogP contribution is -2.13. The fourth-order valence-electron chi connectivity index (χ4n) is 1.46. The van der Waals surface area contributed by atoms with Crippen molar-refractivity contribution >= 4 is 32.6 Å². The number of aromatic nitrogens is 1. The lowest BCUT2D eigenvalue weighted by molar-refractivity contribution is 0.100. The topological polar surface area (TPSA) is 58.9 Å². The molecule has 1 heterocycles. The fraction of sp³-hybridized carbons (Fsp3) is 0.100. The number of benzene rings is 1. The average Bonchev–Trinajstić information content (AvgIpc) is 2.59. The summed E-state index contributed by atoms with van der Waals surface area (Å²) >= 11 is 3.40. The molecule has 0 aliphatic carbocycles. The number of carbonyl (C=O) groups excluding carboxylic acids is 1. The lowest BCUT2D eigenvalue weighted by Gasteiger charge is -1.99. The molecule has 1 aromatic heterocycles. The fourth-order valence-corrected chi connectivity index (χ4v) is 1.91. The van der Waals surface area contributed by atoms with Crippen LogP contribution in [-0.4, -0.2) is 17.3 Å². The molecule has 0 saturated carbocycles. The van der Waals surface area contributed by atoms with E-state index in [0.717, 1.165) is 15.4 Å². The average molecular weight is 253 g/mol. The highest BCUT2D eigenvalue weighted by atomic mass is 79.9. The summed E-state index contributed by atoms with van der Waals surface area (Å²) in [5.74, 6) is -0.0510. The molecule has 0 aliphatic rings. The zero-order valence-electron chi connectivity index (χ0n) is 7.38. The molecule has 3 N–H and O–H groups in total. The minimum Gasteiger partial charge on any atom is -0.359 e. The van der Waals surface area contributed by atoms with Crippen LogP contribution in [0.3, 0.4) is 0 Å². The van der Waals surface area contributed by atoms with Crippen molar-refractivity contribution in [3.05, 3.63) is 34.4 Å². The number of H-pyrrole nitrogens is 1. The number of hydrogen-bond donors (Lipinski definition) is 2. The van der Waals surface area contributed by atoms with Gasteiger partial charge in [0, 0.05) is 21.6 Å². The molecule has 0 saturated heterocycles. The number of aromatic amines is 1. The Morgan fingerprint density at radius 1 is 1.50 bits per heavy atom. The van der Waals surface area contributed by atoms with Gasteiger partial charge in [0.25, 0.3) is 0 Å². The largest absolute Gasteiger partial charge is 0.359 e. The maximum Gasteiger partial charge on any atom is 0.178 e. The van der Waals surface area contributed by atoms with Crippen LogP contribution in [-0.2, 0) is 0 Å². The van der Waals surface area contributed by atoms with Gasteiger partial charge in [-0.15, -0.1) is 0 Å². The van der Waals surface area contributed by atoms with E-state index in [4.69, 9.17) is 5.73 Å². The monoisotopic (exact) mass is 252 g/mol. The van der Waals surface area contributed by atoms with Gasteiger partial charge in [0.15, 0.2) is 5.78 Å². The molecule has 0 unspecified atom stereocenters. The zero-order chi connectivity index (χ0) is 10.1. The van der Waals surface area contributed by atoms with E-state index in [2.05, 4.69) is 20.9 Å². The van der Waals surface area contributed by atoms with Crippen LogP contribution in [0.15, 0.2) is 28.9 Å². The molecule has 14 heavy (non-hydrogen) atoms. The van der Waals surface area contributed by atoms with Crippen molar-refractivity contribution in [1.29, 1.82) is 0 Å². The summed E-state index contributed by atoms with van der Waals surface area (Å²) in [5.41, 5.74) is 6.82. The van der Waals surface area contributed by atoms with Crippen LogP contribution < -0.4 is 5.73 Å². The molecule has 0 radical (unpaired) electrons. The lowest BCUT2D eigenvalue weighted by atomic mass is 10.1. The number of halogens is 1. The Bertz CT molecular complexity index is 490. The first-order valence-corrected chi connectivity index (χ1v) is 5.02. The van der Waals surface area contributed by atoms with E-state index in [0.29, 0.717) is 5.56 Å². The Morgan fingerprint density at radius 2 is 2.29 bits per heavy atom. The summed E-state index contributed by atoms with van der Waals surface area (Å²) in [7, 11) is 0. The van der Waals surface area contributed by atoms with E-state index in [-0.39, 0.29) is 12.3 Å². The molecule has 0 atom stereocenters. The van der Waals surface area contributed by atoms with E-state index in [9.17, 15) is 4.79 Å². The molecule has 3 nitrogen and oxygen atoms in total. The highest BCUT2D eigenvalue weighted by Gasteiger charge is 2.10. The van der Waals surface area contributed by atoms with Crippen LogP contribution in [0.25, 0.3) is 10.9 Å². The summed E-state index contributed by atoms with van der Waals surface area (Å²) in [6.45, 7) is 0.0375. The normalized spacial score (nSPS) is 10.7. The Labute approximate surface area is 89.4 Å². The van der Waals surface area contributed by atoms with Gasteiger partial charge in [-0.1, -0.05) is 12.1 Å². The van der Waals surface area contributed by atoms with Crippen LogP contribution >= 0.6 is 15.9 Å². The van der Waals surface area contributed by atoms with Gasteiger partial charge in [0.1, 0.15) is 0 Å². The van der Waals surface area contributed by atoms with Gasteiger partial charge in [-0.3, -0.25) is 4.79 Å². The van der Waals surface area contributed by atoms with Crippen molar-refractivity contribution in [3.63, 3.8) is 0 Å². The van der Waals surface area contributed by atoms with E-state index >= 15 is 0 Å². The second-order valence-corrected chi connectivity index (χ2v) is 3.85. The van der Waals surface area contributed by atoms with Gasteiger partial charge >= 0.3 is 0 Å². The maximum absolute atomic E-state index is 11.5. The molecule has 2 aromatic rings. The van der Waals surface area contributed by atoms with Crippen molar-refractivity contribution in [3.8, 4) is 0 Å². The molecule has 0 spiro atoms. The molecule has 2 rings (SSSR count). The summed E-state index contributed by atoms with van der Waals surface area (Å²) in [6, 6.07) is 5.58. The summed E-state index contributed by atoms with van der Waals surface area (Å²) < 4.78 is 0.958. The third-order valence-corrected chi connectivity index (χ3v) is 2.81. The van der Waals surface area contributed by atoms with Crippen molar-refractivity contribution in [2.45, 2.75) is 0 Å². The van der Waals surface area contributed by atoms with E-state index < -0.39 is 0 Å². The Morgan fingerprint density at radius 3 is 3.00 bits per heavy atom. The van der Waals surface area contributed by atoms with Crippen molar-refractivity contribution in [1.82, 2.24) is 4.98 Å². The van der Waals surface area contributed by atoms with Gasteiger partial charge < -0.3 is 10.7 Å². The maximum atomic E-state index is 11.5. The number of nitrogens with two attached hydrogens (primary N) is 1. The van der Waals surface area contributed by atoms with Gasteiger partial charge in [-0.2, -0.15) is 0 Å². The minimum absolute atomic E-state index is 0.0375. The first kappa shape index (κ1) is 9.43. The SMILES string of the molecule is NCC(=O)c1cccc2c(Br)c[nH]c12. The van der Waals surface area contributed by atoms with Crippen LogP contribution in [0, 0.1) is 0 Å². The number of nitrogens with one attached hydrogen (secondary N) is 1. The smallest absolute Gasteiger partial charge is 0.178 e. The van der Waals surface area contributed by atoms with E-state index in [1.807, 2.05) is 18.3 Å². The third-order valence-electron chi connectivity index (χ3n) is 2.15. The Balaban J connectivity index is 2.71. The van der Waals surface area contributed by atoms with Gasteiger partial charge in [-0.05, 0) is 22.0 Å². The number of Topliss-reactive ketones (excluding diaryl/α,β-unsaturated/α-hetero) is 1. The van der Waals surface area contributed by atoms with Crippen molar-refractivity contribution in [2.24, 2.45) is 5.73 Å². The number of rotatable bonds is 2. The first-order chi connectivity index (χ1) is 6.74. The van der Waals surface area contributed by atoms with Gasteiger partial charge in [0.05, 0.1) is 12.1 Å².